The molecule has 1 aromatic carbocycles. The van der Waals surface area contributed by atoms with Crippen LogP contribution in [0.3, 0.4) is 0 Å². The molecule has 29 heavy (non-hydrogen) atoms. The van der Waals surface area contributed by atoms with Crippen molar-refractivity contribution in [2.75, 3.05) is 11.4 Å². The Bertz CT molecular complexity index is 1190. The number of rotatable bonds is 3. The van der Waals surface area contributed by atoms with Crippen LogP contribution >= 0.6 is 0 Å². The summed E-state index contributed by atoms with van der Waals surface area (Å²) in [5, 5.41) is 5.15. The van der Waals surface area contributed by atoms with Crippen LogP contribution in [0.5, 0.6) is 0 Å². The number of carbonyl (C=O) groups is 1. The molecule has 4 rings (SSSR count). The lowest BCUT2D eigenvalue weighted by molar-refractivity contribution is 0.253. The summed E-state index contributed by atoms with van der Waals surface area (Å²) in [5.74, 6) is 0.607. The molecule has 2 amide bonds. The SMILES string of the molecule is NC(=O)N1CCCc2cc(-c3cncc(-c4ccc(S(N)(=O)=O)cc4)c3)cnc21. The number of amides is 2. The van der Waals surface area contributed by atoms with Crippen molar-refractivity contribution in [2.24, 2.45) is 10.9 Å². The van der Waals surface area contributed by atoms with E-state index in [1.54, 1.807) is 30.7 Å². The van der Waals surface area contributed by atoms with Gasteiger partial charge in [0, 0.05) is 41.8 Å². The second-order valence-electron chi connectivity index (χ2n) is 6.83. The molecule has 3 aromatic rings. The molecule has 4 N–H and O–H groups in total. The number of nitrogens with two attached hydrogens (primary N) is 2. The summed E-state index contributed by atoms with van der Waals surface area (Å²) < 4.78 is 22.9. The normalized spacial score (nSPS) is 13.8. The summed E-state index contributed by atoms with van der Waals surface area (Å²) in [6, 6.07) is 9.77. The Morgan fingerprint density at radius 2 is 1.62 bits per heavy atom. The number of urea groups is 1. The van der Waals surface area contributed by atoms with E-state index in [-0.39, 0.29) is 4.90 Å². The van der Waals surface area contributed by atoms with Crippen LogP contribution in [0.4, 0.5) is 10.6 Å². The van der Waals surface area contributed by atoms with Crippen LogP contribution in [0.15, 0.2) is 59.9 Å². The Morgan fingerprint density at radius 3 is 2.28 bits per heavy atom. The lowest BCUT2D eigenvalue weighted by atomic mass is 9.99. The summed E-state index contributed by atoms with van der Waals surface area (Å²) in [4.78, 5) is 21.9. The Morgan fingerprint density at radius 1 is 0.966 bits per heavy atom. The summed E-state index contributed by atoms with van der Waals surface area (Å²) in [7, 11) is -3.73. The number of fused-ring (bicyclic) bond motifs is 1. The van der Waals surface area contributed by atoms with Crippen molar-refractivity contribution in [1.29, 1.82) is 0 Å². The molecule has 0 spiro atoms. The van der Waals surface area contributed by atoms with Crippen LogP contribution in [0, 0.1) is 0 Å². The van der Waals surface area contributed by atoms with Gasteiger partial charge in [0.25, 0.3) is 0 Å². The molecule has 0 fully saturated rings. The molecule has 1 aliphatic heterocycles. The third kappa shape index (κ3) is 3.82. The number of aryl methyl sites for hydroxylation is 1. The van der Waals surface area contributed by atoms with Gasteiger partial charge in [-0.05, 0) is 48.2 Å². The molecule has 0 saturated heterocycles. The predicted molar refractivity (Wildman–Crippen MR) is 110 cm³/mol. The van der Waals surface area contributed by atoms with Gasteiger partial charge in [-0.25, -0.2) is 23.3 Å². The smallest absolute Gasteiger partial charge is 0.320 e. The van der Waals surface area contributed by atoms with E-state index in [1.165, 1.54) is 17.0 Å². The number of sulfonamides is 1. The quantitative estimate of drug-likeness (QED) is 0.685. The van der Waals surface area contributed by atoms with Gasteiger partial charge in [0.1, 0.15) is 5.82 Å². The predicted octanol–water partition coefficient (Wildman–Crippen LogP) is 2.29. The van der Waals surface area contributed by atoms with Crippen molar-refractivity contribution in [2.45, 2.75) is 17.7 Å². The minimum atomic E-state index is -3.73. The van der Waals surface area contributed by atoms with Crippen molar-refractivity contribution >= 4 is 21.9 Å². The highest BCUT2D eigenvalue weighted by molar-refractivity contribution is 7.89. The minimum Gasteiger partial charge on any atom is -0.351 e. The molecule has 0 saturated carbocycles. The maximum Gasteiger partial charge on any atom is 0.320 e. The molecule has 2 aromatic heterocycles. The van der Waals surface area contributed by atoms with Gasteiger partial charge in [-0.3, -0.25) is 9.88 Å². The van der Waals surface area contributed by atoms with E-state index < -0.39 is 16.1 Å². The van der Waals surface area contributed by atoms with E-state index in [0.29, 0.717) is 12.4 Å². The highest BCUT2D eigenvalue weighted by atomic mass is 32.2. The second kappa shape index (κ2) is 7.26. The highest BCUT2D eigenvalue weighted by Gasteiger charge is 2.22. The largest absolute Gasteiger partial charge is 0.351 e. The van der Waals surface area contributed by atoms with Gasteiger partial charge in [0.15, 0.2) is 0 Å². The number of carbonyl (C=O) groups excluding carboxylic acids is 1. The van der Waals surface area contributed by atoms with E-state index in [1.807, 2.05) is 12.1 Å². The zero-order valence-corrected chi connectivity index (χ0v) is 16.3. The minimum absolute atomic E-state index is 0.0586. The van der Waals surface area contributed by atoms with E-state index in [0.717, 1.165) is 40.7 Å². The van der Waals surface area contributed by atoms with E-state index in [2.05, 4.69) is 9.97 Å². The number of hydrogen-bond acceptors (Lipinski definition) is 5. The highest BCUT2D eigenvalue weighted by Crippen LogP contribution is 2.31. The van der Waals surface area contributed by atoms with Crippen LogP contribution in [0.1, 0.15) is 12.0 Å². The number of pyridine rings is 2. The van der Waals surface area contributed by atoms with Crippen LogP contribution in [-0.4, -0.2) is 31.0 Å². The standard InChI is InChI=1S/C20H19N5O3S/c21-20(26)25-7-1-2-14-8-17(12-24-19(14)25)16-9-15(10-23-11-16)13-3-5-18(6-4-13)29(22,27)28/h3-6,8-12H,1-2,7H2,(H2,21,26)(H2,22,27,28). The fraction of sp³-hybridized carbons (Fsp3) is 0.150. The van der Waals surface area contributed by atoms with Crippen molar-refractivity contribution in [1.82, 2.24) is 9.97 Å². The van der Waals surface area contributed by atoms with Gasteiger partial charge >= 0.3 is 6.03 Å². The second-order valence-corrected chi connectivity index (χ2v) is 8.39. The fourth-order valence-corrected chi connectivity index (χ4v) is 3.94. The lowest BCUT2D eigenvalue weighted by Crippen LogP contribution is -2.40. The molecule has 148 valence electrons. The first-order valence-electron chi connectivity index (χ1n) is 8.97. The molecule has 0 radical (unpaired) electrons. The number of primary amides is 1. The average molecular weight is 409 g/mol. The van der Waals surface area contributed by atoms with Gasteiger partial charge in [-0.15, -0.1) is 0 Å². The molecule has 0 unspecified atom stereocenters. The van der Waals surface area contributed by atoms with Gasteiger partial charge in [0.05, 0.1) is 4.90 Å². The van der Waals surface area contributed by atoms with Crippen LogP contribution in [-0.2, 0) is 16.4 Å². The molecule has 1 aliphatic rings. The fourth-order valence-electron chi connectivity index (χ4n) is 3.43. The Kier molecular flexibility index (Phi) is 4.77. The average Bonchev–Trinajstić information content (AvgIpc) is 2.72. The monoisotopic (exact) mass is 409 g/mol. The van der Waals surface area contributed by atoms with Gasteiger partial charge in [0.2, 0.25) is 10.0 Å². The van der Waals surface area contributed by atoms with Crippen molar-refractivity contribution < 1.29 is 13.2 Å². The zero-order valence-electron chi connectivity index (χ0n) is 15.4. The topological polar surface area (TPSA) is 132 Å². The first kappa shape index (κ1) is 19.0. The molecular formula is C20H19N5O3S. The first-order valence-corrected chi connectivity index (χ1v) is 10.5. The Labute approximate surface area is 168 Å². The number of primary sulfonamides is 1. The summed E-state index contributed by atoms with van der Waals surface area (Å²) in [5.41, 5.74) is 9.81. The third-order valence-electron chi connectivity index (χ3n) is 4.88. The number of benzene rings is 1. The van der Waals surface area contributed by atoms with Crippen molar-refractivity contribution in [3.63, 3.8) is 0 Å². The number of hydrogen-bond donors (Lipinski definition) is 2. The third-order valence-corrected chi connectivity index (χ3v) is 5.81. The number of nitrogens with zero attached hydrogens (tertiary/aromatic N) is 3. The van der Waals surface area contributed by atoms with Crippen molar-refractivity contribution in [3.8, 4) is 22.3 Å². The maximum absolute atomic E-state index is 11.6. The van der Waals surface area contributed by atoms with Crippen molar-refractivity contribution in [3.05, 3.63) is 60.6 Å². The summed E-state index contributed by atoms with van der Waals surface area (Å²) in [6.07, 6.45) is 6.79. The Hall–Kier alpha value is -3.30. The van der Waals surface area contributed by atoms with E-state index in [4.69, 9.17) is 10.9 Å². The molecule has 3 heterocycles. The lowest BCUT2D eigenvalue weighted by Gasteiger charge is -2.26. The number of anilines is 1. The number of aromatic nitrogens is 2. The summed E-state index contributed by atoms with van der Waals surface area (Å²) in [6.45, 7) is 0.570. The maximum atomic E-state index is 11.6. The summed E-state index contributed by atoms with van der Waals surface area (Å²) >= 11 is 0. The first-order chi connectivity index (χ1) is 13.8. The molecule has 8 nitrogen and oxygen atoms in total. The van der Waals surface area contributed by atoms with Gasteiger partial charge in [-0.1, -0.05) is 12.1 Å². The molecule has 9 heteroatoms. The van der Waals surface area contributed by atoms with E-state index in [9.17, 15) is 13.2 Å². The van der Waals surface area contributed by atoms with Crippen LogP contribution < -0.4 is 15.8 Å². The molecular weight excluding hydrogens is 390 g/mol. The molecule has 0 atom stereocenters. The van der Waals surface area contributed by atoms with Crippen LogP contribution in [0.2, 0.25) is 0 Å². The molecule has 0 aliphatic carbocycles. The van der Waals surface area contributed by atoms with E-state index >= 15 is 0 Å². The Balaban J connectivity index is 1.68. The zero-order chi connectivity index (χ0) is 20.6. The van der Waals surface area contributed by atoms with Gasteiger partial charge in [-0.2, -0.15) is 0 Å². The van der Waals surface area contributed by atoms with Gasteiger partial charge < -0.3 is 5.73 Å². The molecule has 0 bridgehead atoms. The van der Waals surface area contributed by atoms with Crippen LogP contribution in [0.25, 0.3) is 22.3 Å².